The molecular weight excluding hydrogens is 305 g/mol. The Kier molecular flexibility index (Phi) is 5.40. The van der Waals surface area contributed by atoms with Crippen LogP contribution in [0.5, 0.6) is 0 Å². The summed E-state index contributed by atoms with van der Waals surface area (Å²) in [7, 11) is 0. The zero-order valence-electron chi connectivity index (χ0n) is 9.82. The minimum absolute atomic E-state index is 0.141. The fourth-order valence-electron chi connectivity index (χ4n) is 1.73. The first-order valence-corrected chi connectivity index (χ1v) is 6.76. The van der Waals surface area contributed by atoms with Crippen molar-refractivity contribution in [2.45, 2.75) is 31.5 Å². The van der Waals surface area contributed by atoms with E-state index in [0.29, 0.717) is 22.9 Å². The van der Waals surface area contributed by atoms with Crippen molar-refractivity contribution in [2.75, 3.05) is 0 Å². The number of hydrogen-bond acceptors (Lipinski definition) is 2. The minimum atomic E-state index is -0.360. The third-order valence-electron chi connectivity index (χ3n) is 2.41. The largest absolute Gasteiger partial charge is 0.272 e. The van der Waals surface area contributed by atoms with Gasteiger partial charge >= 0.3 is 0 Å². The van der Waals surface area contributed by atoms with Gasteiger partial charge in [-0.2, -0.15) is 0 Å². The van der Waals surface area contributed by atoms with Crippen LogP contribution in [0.4, 0.5) is 5.69 Å². The molecule has 0 radical (unpaired) electrons. The van der Waals surface area contributed by atoms with Crippen molar-refractivity contribution in [3.05, 3.63) is 38.9 Å². The van der Waals surface area contributed by atoms with Gasteiger partial charge in [0, 0.05) is 21.5 Å². The summed E-state index contributed by atoms with van der Waals surface area (Å²) in [5.74, 6) is 0.553. The highest BCUT2D eigenvalue weighted by molar-refractivity contribution is 9.09. The van der Waals surface area contributed by atoms with Crippen LogP contribution in [-0.2, 0) is 6.42 Å². The lowest BCUT2D eigenvalue weighted by Gasteiger charge is -2.12. The SMILES string of the molecule is CC(C)CC(Br)Cc1cc(Cl)ccc1[N+](=O)[O-]. The second-order valence-corrected chi connectivity index (χ2v) is 6.19. The Morgan fingerprint density at radius 3 is 2.65 bits per heavy atom. The van der Waals surface area contributed by atoms with E-state index in [4.69, 9.17) is 11.6 Å². The third-order valence-corrected chi connectivity index (χ3v) is 3.34. The standard InChI is InChI=1S/C12H15BrClNO2/c1-8(2)5-10(13)6-9-7-11(14)3-4-12(9)15(16)17/h3-4,7-8,10H,5-6H2,1-2H3. The molecule has 0 aliphatic rings. The maximum Gasteiger partial charge on any atom is 0.272 e. The second-order valence-electron chi connectivity index (χ2n) is 4.46. The van der Waals surface area contributed by atoms with Gasteiger partial charge in [0.05, 0.1) is 4.92 Å². The van der Waals surface area contributed by atoms with E-state index < -0.39 is 0 Å². The molecule has 0 N–H and O–H groups in total. The lowest BCUT2D eigenvalue weighted by molar-refractivity contribution is -0.385. The highest BCUT2D eigenvalue weighted by atomic mass is 79.9. The highest BCUT2D eigenvalue weighted by Gasteiger charge is 2.17. The van der Waals surface area contributed by atoms with E-state index in [1.54, 1.807) is 12.1 Å². The molecule has 1 rings (SSSR count). The number of nitro benzene ring substituents is 1. The predicted molar refractivity (Wildman–Crippen MR) is 74.0 cm³/mol. The van der Waals surface area contributed by atoms with Crippen LogP contribution in [0, 0.1) is 16.0 Å². The van der Waals surface area contributed by atoms with Crippen LogP contribution in [0.1, 0.15) is 25.8 Å². The van der Waals surface area contributed by atoms with Gasteiger partial charge < -0.3 is 0 Å². The Labute approximate surface area is 114 Å². The van der Waals surface area contributed by atoms with E-state index in [2.05, 4.69) is 29.8 Å². The van der Waals surface area contributed by atoms with E-state index in [1.807, 2.05) is 0 Å². The van der Waals surface area contributed by atoms with Gasteiger partial charge in [-0.05, 0) is 30.9 Å². The number of alkyl halides is 1. The molecule has 0 aliphatic carbocycles. The van der Waals surface area contributed by atoms with Gasteiger partial charge in [0.15, 0.2) is 0 Å². The first kappa shape index (κ1) is 14.5. The summed E-state index contributed by atoms with van der Waals surface area (Å²) >= 11 is 9.43. The van der Waals surface area contributed by atoms with Gasteiger partial charge in [0.1, 0.15) is 0 Å². The molecule has 0 aromatic heterocycles. The molecule has 1 aromatic rings. The van der Waals surface area contributed by atoms with E-state index >= 15 is 0 Å². The van der Waals surface area contributed by atoms with E-state index in [0.717, 1.165) is 6.42 Å². The summed E-state index contributed by atoms with van der Waals surface area (Å²) in [6.07, 6.45) is 1.60. The van der Waals surface area contributed by atoms with Crippen molar-refractivity contribution in [2.24, 2.45) is 5.92 Å². The maximum absolute atomic E-state index is 10.9. The van der Waals surface area contributed by atoms with Gasteiger partial charge in [-0.15, -0.1) is 0 Å². The number of hydrogen-bond donors (Lipinski definition) is 0. The zero-order chi connectivity index (χ0) is 13.0. The number of rotatable bonds is 5. The molecule has 0 spiro atoms. The van der Waals surface area contributed by atoms with Gasteiger partial charge in [0.2, 0.25) is 0 Å². The summed E-state index contributed by atoms with van der Waals surface area (Å²) in [6.45, 7) is 4.25. The fraction of sp³-hybridized carbons (Fsp3) is 0.500. The number of nitro groups is 1. The fourth-order valence-corrected chi connectivity index (χ4v) is 3.02. The Hall–Kier alpha value is -0.610. The van der Waals surface area contributed by atoms with Gasteiger partial charge in [-0.1, -0.05) is 41.4 Å². The van der Waals surface area contributed by atoms with Crippen LogP contribution in [0.2, 0.25) is 5.02 Å². The van der Waals surface area contributed by atoms with Crippen molar-refractivity contribution in [1.29, 1.82) is 0 Å². The Bertz CT molecular complexity index is 409. The van der Waals surface area contributed by atoms with E-state index in [9.17, 15) is 10.1 Å². The summed E-state index contributed by atoms with van der Waals surface area (Å²) in [4.78, 5) is 10.8. The van der Waals surface area contributed by atoms with Crippen molar-refractivity contribution in [3.8, 4) is 0 Å². The minimum Gasteiger partial charge on any atom is -0.258 e. The number of nitrogens with zero attached hydrogens (tertiary/aromatic N) is 1. The quantitative estimate of drug-likeness (QED) is 0.452. The summed E-state index contributed by atoms with van der Waals surface area (Å²) in [5, 5.41) is 11.4. The first-order chi connectivity index (χ1) is 7.90. The highest BCUT2D eigenvalue weighted by Crippen LogP contribution is 2.27. The monoisotopic (exact) mass is 319 g/mol. The van der Waals surface area contributed by atoms with E-state index in [-0.39, 0.29) is 15.4 Å². The molecule has 0 saturated heterocycles. The summed E-state index contributed by atoms with van der Waals surface area (Å²) in [5.41, 5.74) is 0.827. The van der Waals surface area contributed by atoms with Crippen molar-refractivity contribution in [1.82, 2.24) is 0 Å². The third kappa shape index (κ3) is 4.64. The zero-order valence-corrected chi connectivity index (χ0v) is 12.2. The van der Waals surface area contributed by atoms with Crippen LogP contribution < -0.4 is 0 Å². The molecule has 0 bridgehead atoms. The van der Waals surface area contributed by atoms with Gasteiger partial charge in [-0.3, -0.25) is 10.1 Å². The molecule has 0 saturated carbocycles. The average Bonchev–Trinajstić information content (AvgIpc) is 2.15. The molecule has 1 atom stereocenters. The molecule has 1 aromatic carbocycles. The summed E-state index contributed by atoms with van der Waals surface area (Å²) < 4.78 is 0. The van der Waals surface area contributed by atoms with Crippen LogP contribution in [-0.4, -0.2) is 9.75 Å². The van der Waals surface area contributed by atoms with Crippen molar-refractivity contribution < 1.29 is 4.92 Å². The lowest BCUT2D eigenvalue weighted by Crippen LogP contribution is -2.08. The number of benzene rings is 1. The summed E-state index contributed by atoms with van der Waals surface area (Å²) in [6, 6.07) is 4.69. The maximum atomic E-state index is 10.9. The number of halogens is 2. The van der Waals surface area contributed by atoms with Crippen LogP contribution in [0.25, 0.3) is 0 Å². The van der Waals surface area contributed by atoms with Crippen molar-refractivity contribution in [3.63, 3.8) is 0 Å². The second kappa shape index (κ2) is 6.36. The molecule has 0 fully saturated rings. The van der Waals surface area contributed by atoms with Gasteiger partial charge in [-0.25, -0.2) is 0 Å². The smallest absolute Gasteiger partial charge is 0.258 e. The van der Waals surface area contributed by atoms with E-state index in [1.165, 1.54) is 6.07 Å². The molecule has 94 valence electrons. The molecular formula is C12H15BrClNO2. The predicted octanol–water partition coefficient (Wildman–Crippen LogP) is 4.60. The normalized spacial score (nSPS) is 12.8. The molecule has 3 nitrogen and oxygen atoms in total. The Morgan fingerprint density at radius 2 is 2.12 bits per heavy atom. The van der Waals surface area contributed by atoms with Crippen molar-refractivity contribution >= 4 is 33.2 Å². The molecule has 5 heteroatoms. The molecule has 0 amide bonds. The van der Waals surface area contributed by atoms with Crippen LogP contribution in [0.15, 0.2) is 18.2 Å². The van der Waals surface area contributed by atoms with Gasteiger partial charge in [0.25, 0.3) is 5.69 Å². The molecule has 0 aliphatic heterocycles. The first-order valence-electron chi connectivity index (χ1n) is 5.47. The molecule has 0 heterocycles. The van der Waals surface area contributed by atoms with Crippen LogP contribution >= 0.6 is 27.5 Å². The molecule has 17 heavy (non-hydrogen) atoms. The Balaban J connectivity index is 2.88. The lowest BCUT2D eigenvalue weighted by atomic mass is 10.0. The Morgan fingerprint density at radius 1 is 1.47 bits per heavy atom. The topological polar surface area (TPSA) is 43.1 Å². The average molecular weight is 321 g/mol. The van der Waals surface area contributed by atoms with Crippen LogP contribution in [0.3, 0.4) is 0 Å². The molecule has 1 unspecified atom stereocenters.